The minimum absolute atomic E-state index is 0.158. The van der Waals surface area contributed by atoms with Crippen molar-refractivity contribution in [1.29, 1.82) is 0 Å². The van der Waals surface area contributed by atoms with Crippen molar-refractivity contribution in [2.75, 3.05) is 6.61 Å². The quantitative estimate of drug-likeness (QED) is 0.776. The largest absolute Gasteiger partial charge is 0.492 e. The van der Waals surface area contributed by atoms with E-state index in [9.17, 15) is 0 Å². The van der Waals surface area contributed by atoms with Gasteiger partial charge in [-0.2, -0.15) is 0 Å². The Labute approximate surface area is 136 Å². The molecule has 1 aromatic rings. The van der Waals surface area contributed by atoms with E-state index in [1.54, 1.807) is 0 Å². The third kappa shape index (κ3) is 3.45. The van der Waals surface area contributed by atoms with Crippen LogP contribution < -0.4 is 10.5 Å². The standard InChI is InChI=1S/C18H26BrNO/c1-2-7-21-18-6-5-14(10-16(18)19)17(20)11-15-9-12-3-4-13(15)8-12/h5-6,10,12-13,15,17H,2-4,7-9,11,20H2,1H3. The van der Waals surface area contributed by atoms with Gasteiger partial charge in [0.05, 0.1) is 11.1 Å². The Morgan fingerprint density at radius 2 is 2.19 bits per heavy atom. The molecule has 3 rings (SSSR count). The zero-order chi connectivity index (χ0) is 14.8. The summed E-state index contributed by atoms with van der Waals surface area (Å²) in [5, 5.41) is 0. The molecule has 0 aromatic heterocycles. The van der Waals surface area contributed by atoms with E-state index in [-0.39, 0.29) is 6.04 Å². The second kappa shape index (κ2) is 6.70. The third-order valence-electron chi connectivity index (χ3n) is 5.29. The lowest BCUT2D eigenvalue weighted by molar-refractivity contribution is 0.295. The van der Waals surface area contributed by atoms with E-state index in [1.165, 1.54) is 31.2 Å². The fourth-order valence-corrected chi connectivity index (χ4v) is 4.72. The number of rotatable bonds is 6. The molecule has 2 fully saturated rings. The Bertz CT molecular complexity index is 490. The molecule has 2 nitrogen and oxygen atoms in total. The fraction of sp³-hybridized carbons (Fsp3) is 0.667. The van der Waals surface area contributed by atoms with Crippen LogP contribution >= 0.6 is 15.9 Å². The fourth-order valence-electron chi connectivity index (χ4n) is 4.20. The molecular formula is C18H26BrNO. The highest BCUT2D eigenvalue weighted by atomic mass is 79.9. The van der Waals surface area contributed by atoms with Crippen LogP contribution in [-0.2, 0) is 0 Å². The number of ether oxygens (including phenoxy) is 1. The smallest absolute Gasteiger partial charge is 0.133 e. The highest BCUT2D eigenvalue weighted by Crippen LogP contribution is 2.50. The molecule has 0 spiro atoms. The zero-order valence-electron chi connectivity index (χ0n) is 12.9. The van der Waals surface area contributed by atoms with Gasteiger partial charge in [-0.1, -0.05) is 19.4 Å². The summed E-state index contributed by atoms with van der Waals surface area (Å²) in [5.41, 5.74) is 7.69. The molecule has 2 aliphatic rings. The Morgan fingerprint density at radius 3 is 2.81 bits per heavy atom. The number of fused-ring (bicyclic) bond motifs is 2. The molecule has 4 unspecified atom stereocenters. The van der Waals surface area contributed by atoms with Crippen molar-refractivity contribution < 1.29 is 4.74 Å². The van der Waals surface area contributed by atoms with Crippen molar-refractivity contribution in [3.05, 3.63) is 28.2 Å². The first-order chi connectivity index (χ1) is 10.2. The average Bonchev–Trinajstić information content (AvgIpc) is 3.08. The topological polar surface area (TPSA) is 35.2 Å². The molecule has 4 atom stereocenters. The van der Waals surface area contributed by atoms with Gasteiger partial charge in [0.25, 0.3) is 0 Å². The van der Waals surface area contributed by atoms with Gasteiger partial charge in [-0.15, -0.1) is 0 Å². The Hall–Kier alpha value is -0.540. The van der Waals surface area contributed by atoms with Gasteiger partial charge in [0, 0.05) is 6.04 Å². The van der Waals surface area contributed by atoms with E-state index in [0.29, 0.717) is 0 Å². The van der Waals surface area contributed by atoms with Crippen molar-refractivity contribution in [3.8, 4) is 5.75 Å². The molecule has 0 heterocycles. The van der Waals surface area contributed by atoms with Crippen molar-refractivity contribution in [2.45, 2.75) is 51.5 Å². The number of nitrogens with two attached hydrogens (primary N) is 1. The van der Waals surface area contributed by atoms with Crippen LogP contribution in [0.4, 0.5) is 0 Å². The van der Waals surface area contributed by atoms with E-state index in [0.717, 1.165) is 47.4 Å². The molecule has 0 aliphatic heterocycles. The van der Waals surface area contributed by atoms with Gasteiger partial charge in [0.15, 0.2) is 0 Å². The van der Waals surface area contributed by atoms with Gasteiger partial charge in [-0.25, -0.2) is 0 Å². The summed E-state index contributed by atoms with van der Waals surface area (Å²) in [6.07, 6.45) is 7.95. The molecule has 3 heteroatoms. The highest BCUT2D eigenvalue weighted by molar-refractivity contribution is 9.10. The van der Waals surface area contributed by atoms with Crippen LogP contribution in [0.1, 0.15) is 57.1 Å². The van der Waals surface area contributed by atoms with Crippen molar-refractivity contribution in [3.63, 3.8) is 0 Å². The predicted octanol–water partition coefficient (Wildman–Crippen LogP) is 5.06. The van der Waals surface area contributed by atoms with Crippen LogP contribution in [0.3, 0.4) is 0 Å². The average molecular weight is 352 g/mol. The normalized spacial score (nSPS) is 28.8. The highest BCUT2D eigenvalue weighted by Gasteiger charge is 2.39. The summed E-state index contributed by atoms with van der Waals surface area (Å²) in [5.74, 6) is 3.74. The second-order valence-corrected chi connectivity index (χ2v) is 7.67. The van der Waals surface area contributed by atoms with E-state index in [4.69, 9.17) is 10.5 Å². The van der Waals surface area contributed by atoms with Gasteiger partial charge in [-0.3, -0.25) is 0 Å². The Morgan fingerprint density at radius 1 is 1.33 bits per heavy atom. The number of halogens is 1. The van der Waals surface area contributed by atoms with E-state index in [1.807, 2.05) is 0 Å². The molecule has 0 radical (unpaired) electrons. The van der Waals surface area contributed by atoms with Gasteiger partial charge >= 0.3 is 0 Å². The Balaban J connectivity index is 1.62. The molecule has 0 amide bonds. The predicted molar refractivity (Wildman–Crippen MR) is 90.4 cm³/mol. The summed E-state index contributed by atoms with van der Waals surface area (Å²) >= 11 is 3.61. The molecule has 21 heavy (non-hydrogen) atoms. The minimum atomic E-state index is 0.158. The zero-order valence-corrected chi connectivity index (χ0v) is 14.4. The summed E-state index contributed by atoms with van der Waals surface area (Å²) in [6.45, 7) is 2.88. The summed E-state index contributed by atoms with van der Waals surface area (Å²) < 4.78 is 6.73. The van der Waals surface area contributed by atoms with Gasteiger partial charge in [0.2, 0.25) is 0 Å². The second-order valence-electron chi connectivity index (χ2n) is 6.82. The van der Waals surface area contributed by atoms with Crippen molar-refractivity contribution in [2.24, 2.45) is 23.5 Å². The molecule has 1 aromatic carbocycles. The van der Waals surface area contributed by atoms with Gasteiger partial charge in [-0.05, 0) is 83.5 Å². The van der Waals surface area contributed by atoms with Crippen molar-refractivity contribution >= 4 is 15.9 Å². The van der Waals surface area contributed by atoms with Crippen LogP contribution in [0.15, 0.2) is 22.7 Å². The van der Waals surface area contributed by atoms with E-state index < -0.39 is 0 Å². The van der Waals surface area contributed by atoms with E-state index in [2.05, 4.69) is 41.1 Å². The summed E-state index contributed by atoms with van der Waals surface area (Å²) in [6, 6.07) is 6.48. The number of benzene rings is 1. The lowest BCUT2D eigenvalue weighted by Gasteiger charge is -2.25. The van der Waals surface area contributed by atoms with Gasteiger partial charge in [0.1, 0.15) is 5.75 Å². The van der Waals surface area contributed by atoms with Crippen LogP contribution in [-0.4, -0.2) is 6.61 Å². The maximum atomic E-state index is 6.46. The first-order valence-electron chi connectivity index (χ1n) is 8.35. The first-order valence-corrected chi connectivity index (χ1v) is 9.14. The molecular weight excluding hydrogens is 326 g/mol. The maximum absolute atomic E-state index is 6.46. The first kappa shape index (κ1) is 15.4. The van der Waals surface area contributed by atoms with Crippen LogP contribution in [0.5, 0.6) is 5.75 Å². The van der Waals surface area contributed by atoms with E-state index >= 15 is 0 Å². The summed E-state index contributed by atoms with van der Waals surface area (Å²) in [7, 11) is 0. The van der Waals surface area contributed by atoms with Crippen molar-refractivity contribution in [1.82, 2.24) is 0 Å². The molecule has 2 saturated carbocycles. The van der Waals surface area contributed by atoms with Crippen LogP contribution in [0, 0.1) is 17.8 Å². The third-order valence-corrected chi connectivity index (χ3v) is 5.91. The summed E-state index contributed by atoms with van der Waals surface area (Å²) in [4.78, 5) is 0. The Kier molecular flexibility index (Phi) is 4.90. The van der Waals surface area contributed by atoms with Crippen LogP contribution in [0.25, 0.3) is 0 Å². The molecule has 2 aliphatic carbocycles. The van der Waals surface area contributed by atoms with Crippen LogP contribution in [0.2, 0.25) is 0 Å². The molecule has 116 valence electrons. The molecule has 2 bridgehead atoms. The number of hydrogen-bond donors (Lipinski definition) is 1. The SMILES string of the molecule is CCCOc1ccc(C(N)CC2CC3CCC2C3)cc1Br. The lowest BCUT2D eigenvalue weighted by Crippen LogP contribution is -2.19. The number of hydrogen-bond acceptors (Lipinski definition) is 2. The lowest BCUT2D eigenvalue weighted by atomic mass is 9.83. The molecule has 2 N–H and O–H groups in total. The monoisotopic (exact) mass is 351 g/mol. The maximum Gasteiger partial charge on any atom is 0.133 e. The minimum Gasteiger partial charge on any atom is -0.492 e. The molecule has 0 saturated heterocycles. The van der Waals surface area contributed by atoms with Gasteiger partial charge < -0.3 is 10.5 Å².